The van der Waals surface area contributed by atoms with Crippen molar-refractivity contribution in [3.05, 3.63) is 111 Å². The monoisotopic (exact) mass is 419 g/mol. The van der Waals surface area contributed by atoms with Crippen LogP contribution in [-0.4, -0.2) is 19.1 Å². The van der Waals surface area contributed by atoms with E-state index in [1.165, 1.54) is 29.1 Å². The first-order chi connectivity index (χ1) is 14.5. The van der Waals surface area contributed by atoms with Gasteiger partial charge in [-0.15, -0.1) is 0 Å². The third-order valence-corrected chi connectivity index (χ3v) is 4.84. The molecule has 3 heterocycles. The highest BCUT2D eigenvalue weighted by Crippen LogP contribution is 2.26. The van der Waals surface area contributed by atoms with Crippen molar-refractivity contribution < 1.29 is 4.39 Å². The van der Waals surface area contributed by atoms with Gasteiger partial charge in [0.2, 0.25) is 0 Å². The number of imidazole rings is 1. The lowest BCUT2D eigenvalue weighted by Gasteiger charge is -2.13. The van der Waals surface area contributed by atoms with Gasteiger partial charge in [-0.3, -0.25) is 9.36 Å². The van der Waals surface area contributed by atoms with E-state index in [2.05, 4.69) is 9.97 Å². The first-order valence-corrected chi connectivity index (χ1v) is 9.40. The van der Waals surface area contributed by atoms with Gasteiger partial charge in [-0.25, -0.2) is 14.4 Å². The number of benzene rings is 1. The number of pyridine rings is 2. The van der Waals surface area contributed by atoms with Gasteiger partial charge in [0.25, 0.3) is 5.56 Å². The lowest BCUT2D eigenvalue weighted by molar-refractivity contribution is 0.382. The van der Waals surface area contributed by atoms with Crippen LogP contribution in [0, 0.1) is 11.3 Å². The summed E-state index contributed by atoms with van der Waals surface area (Å²) in [5.41, 5.74) is 1.91. The summed E-state index contributed by atoms with van der Waals surface area (Å²) in [6, 6.07) is 14.8. The Balaban J connectivity index is 1.56. The van der Waals surface area contributed by atoms with E-state index in [4.69, 9.17) is 16.9 Å². The maximum Gasteiger partial charge on any atom is 0.256 e. The van der Waals surface area contributed by atoms with Crippen LogP contribution in [-0.2, 0) is 6.54 Å². The van der Waals surface area contributed by atoms with Crippen LogP contribution in [0.25, 0.3) is 5.82 Å². The third-order valence-electron chi connectivity index (χ3n) is 4.62. The lowest BCUT2D eigenvalue weighted by Crippen LogP contribution is -2.17. The Bertz CT molecular complexity index is 1270. The fourth-order valence-corrected chi connectivity index (χ4v) is 3.22. The Labute approximate surface area is 176 Å². The molecule has 3 aromatic heterocycles. The molecule has 4 rings (SSSR count). The predicted molar refractivity (Wildman–Crippen MR) is 110 cm³/mol. The highest BCUT2D eigenvalue weighted by atomic mass is 35.5. The first-order valence-electron chi connectivity index (χ1n) is 9.03. The van der Waals surface area contributed by atoms with Gasteiger partial charge in [0, 0.05) is 18.5 Å². The van der Waals surface area contributed by atoms with E-state index in [1.54, 1.807) is 47.4 Å². The van der Waals surface area contributed by atoms with Crippen LogP contribution < -0.4 is 5.56 Å². The van der Waals surface area contributed by atoms with Crippen LogP contribution in [0.2, 0.25) is 5.02 Å². The van der Waals surface area contributed by atoms with Crippen LogP contribution in [0.1, 0.15) is 28.6 Å². The zero-order chi connectivity index (χ0) is 21.1. The minimum absolute atomic E-state index is 0.237. The molecular formula is C22H15ClFN5O. The van der Waals surface area contributed by atoms with E-state index in [0.717, 1.165) is 5.56 Å². The number of nitriles is 1. The molecule has 0 bridgehead atoms. The maximum atomic E-state index is 15.1. The van der Waals surface area contributed by atoms with Crippen molar-refractivity contribution in [3.63, 3.8) is 0 Å². The van der Waals surface area contributed by atoms with Crippen LogP contribution in [0.5, 0.6) is 0 Å². The Hall–Kier alpha value is -3.76. The molecule has 0 aliphatic heterocycles. The Kier molecular flexibility index (Phi) is 5.42. The molecule has 0 radical (unpaired) electrons. The fourth-order valence-electron chi connectivity index (χ4n) is 3.06. The van der Waals surface area contributed by atoms with Crippen molar-refractivity contribution in [1.29, 1.82) is 5.26 Å². The quantitative estimate of drug-likeness (QED) is 0.488. The molecule has 1 unspecified atom stereocenters. The highest BCUT2D eigenvalue weighted by molar-refractivity contribution is 6.30. The zero-order valence-electron chi connectivity index (χ0n) is 15.6. The van der Waals surface area contributed by atoms with Crippen LogP contribution in [0.3, 0.4) is 0 Å². The second kappa shape index (κ2) is 8.31. The normalized spacial score (nSPS) is 11.8. The Morgan fingerprint density at radius 1 is 1.10 bits per heavy atom. The molecule has 6 nitrogen and oxygen atoms in total. The topological polar surface area (TPSA) is 76.5 Å². The third kappa shape index (κ3) is 4.00. The molecule has 8 heteroatoms. The molecule has 0 spiro atoms. The molecule has 1 atom stereocenters. The van der Waals surface area contributed by atoms with E-state index in [9.17, 15) is 4.79 Å². The molecule has 0 saturated carbocycles. The number of hydrogen-bond donors (Lipinski definition) is 0. The minimum Gasteiger partial charge on any atom is -0.327 e. The first kappa shape index (κ1) is 19.6. The summed E-state index contributed by atoms with van der Waals surface area (Å²) in [7, 11) is 0. The summed E-state index contributed by atoms with van der Waals surface area (Å²) in [6.07, 6.45) is 4.79. The van der Waals surface area contributed by atoms with E-state index in [1.807, 2.05) is 12.1 Å². The Morgan fingerprint density at radius 2 is 1.90 bits per heavy atom. The second-order valence-corrected chi connectivity index (χ2v) is 7.06. The van der Waals surface area contributed by atoms with Gasteiger partial charge < -0.3 is 4.57 Å². The molecule has 0 aliphatic carbocycles. The molecule has 0 fully saturated rings. The maximum absolute atomic E-state index is 15.1. The molecule has 4 aromatic rings. The smallest absolute Gasteiger partial charge is 0.256 e. The van der Waals surface area contributed by atoms with Crippen LogP contribution in [0.15, 0.2) is 78.2 Å². The molecule has 30 heavy (non-hydrogen) atoms. The number of rotatable bonds is 5. The molecule has 148 valence electrons. The molecular weight excluding hydrogens is 405 g/mol. The van der Waals surface area contributed by atoms with E-state index in [0.29, 0.717) is 34.2 Å². The fraction of sp³-hybridized carbons (Fsp3) is 0.0909. The van der Waals surface area contributed by atoms with Crippen molar-refractivity contribution in [2.75, 3.05) is 0 Å². The number of halogens is 2. The van der Waals surface area contributed by atoms with Crippen molar-refractivity contribution in [1.82, 2.24) is 19.1 Å². The van der Waals surface area contributed by atoms with Crippen molar-refractivity contribution in [2.24, 2.45) is 0 Å². The SMILES string of the molecule is N#Cc1ccc(C(F)c2cncn2Cc2ccc(-n3cc(Cl)ccc3=O)nc2)cc1. The average molecular weight is 420 g/mol. The van der Waals surface area contributed by atoms with Crippen molar-refractivity contribution in [2.45, 2.75) is 12.7 Å². The standard InChI is InChI=1S/C22H15ClFN5O/c23-18-6-8-21(30)29(13-18)20-7-3-16(10-27-20)12-28-14-26-11-19(28)22(24)17-4-1-15(9-25)2-5-17/h1-8,10-11,13-14,22H,12H2. The summed E-state index contributed by atoms with van der Waals surface area (Å²) >= 11 is 5.96. The molecule has 1 aromatic carbocycles. The number of nitrogens with zero attached hydrogens (tertiary/aromatic N) is 5. The van der Waals surface area contributed by atoms with E-state index >= 15 is 4.39 Å². The summed E-state index contributed by atoms with van der Waals surface area (Å²) < 4.78 is 18.1. The van der Waals surface area contributed by atoms with Crippen molar-refractivity contribution >= 4 is 11.6 Å². The van der Waals surface area contributed by atoms with E-state index < -0.39 is 6.17 Å². The van der Waals surface area contributed by atoms with Gasteiger partial charge in [0.1, 0.15) is 5.82 Å². The second-order valence-electron chi connectivity index (χ2n) is 6.62. The number of hydrogen-bond acceptors (Lipinski definition) is 4. The van der Waals surface area contributed by atoms with Gasteiger partial charge in [0.15, 0.2) is 6.17 Å². The summed E-state index contributed by atoms with van der Waals surface area (Å²) in [5.74, 6) is 0.443. The van der Waals surface area contributed by atoms with Gasteiger partial charge in [-0.05, 0) is 35.4 Å². The molecule has 0 saturated heterocycles. The minimum atomic E-state index is -1.38. The molecule has 0 amide bonds. The van der Waals surface area contributed by atoms with Gasteiger partial charge in [-0.1, -0.05) is 29.8 Å². The highest BCUT2D eigenvalue weighted by Gasteiger charge is 2.17. The van der Waals surface area contributed by atoms with Crippen LogP contribution in [0.4, 0.5) is 4.39 Å². The Morgan fingerprint density at radius 3 is 2.60 bits per heavy atom. The summed E-state index contributed by atoms with van der Waals surface area (Å²) in [5, 5.41) is 9.32. The van der Waals surface area contributed by atoms with Crippen LogP contribution >= 0.6 is 11.6 Å². The summed E-state index contributed by atoms with van der Waals surface area (Å²) in [4.78, 5) is 20.4. The van der Waals surface area contributed by atoms with E-state index in [-0.39, 0.29) is 5.56 Å². The van der Waals surface area contributed by atoms with Crippen molar-refractivity contribution in [3.8, 4) is 11.9 Å². The van der Waals surface area contributed by atoms with Gasteiger partial charge in [0.05, 0.1) is 41.4 Å². The van der Waals surface area contributed by atoms with Gasteiger partial charge >= 0.3 is 0 Å². The summed E-state index contributed by atoms with van der Waals surface area (Å²) in [6.45, 7) is 0.365. The predicted octanol–water partition coefficient (Wildman–Crippen LogP) is 4.06. The average Bonchev–Trinajstić information content (AvgIpc) is 3.23. The molecule has 0 N–H and O–H groups in total. The zero-order valence-corrected chi connectivity index (χ0v) is 16.4. The number of alkyl halides is 1. The largest absolute Gasteiger partial charge is 0.327 e. The number of aromatic nitrogens is 4. The molecule has 0 aliphatic rings. The lowest BCUT2D eigenvalue weighted by atomic mass is 10.1. The van der Waals surface area contributed by atoms with Gasteiger partial charge in [-0.2, -0.15) is 5.26 Å².